The molecule has 0 aliphatic carbocycles. The molecule has 1 atom stereocenters. The first kappa shape index (κ1) is 13.7. The van der Waals surface area contributed by atoms with Crippen LogP contribution in [0.1, 0.15) is 12.8 Å². The van der Waals surface area contributed by atoms with Gasteiger partial charge < -0.3 is 15.8 Å². The van der Waals surface area contributed by atoms with Crippen molar-refractivity contribution in [3.63, 3.8) is 0 Å². The minimum Gasteiger partial charge on any atom is -0.385 e. The SMILES string of the molecule is COCCCC(N)CNCC(F)(F)F. The second kappa shape index (κ2) is 7.03. The van der Waals surface area contributed by atoms with Crippen LogP contribution in [0.5, 0.6) is 0 Å². The first-order chi connectivity index (χ1) is 6.45. The number of nitrogens with one attached hydrogen (secondary N) is 1. The van der Waals surface area contributed by atoms with Crippen LogP contribution in [0.4, 0.5) is 13.2 Å². The molecule has 0 fully saturated rings. The fourth-order valence-corrected chi connectivity index (χ4v) is 0.991. The summed E-state index contributed by atoms with van der Waals surface area (Å²) in [7, 11) is 1.58. The standard InChI is InChI=1S/C8H17F3N2O/c1-14-4-2-3-7(12)5-13-6-8(9,10)11/h7,13H,2-6,12H2,1H3. The highest BCUT2D eigenvalue weighted by Crippen LogP contribution is 2.11. The molecule has 0 saturated heterocycles. The summed E-state index contributed by atoms with van der Waals surface area (Å²) < 4.78 is 39.9. The Bertz CT molecular complexity index is 141. The Labute approximate surface area is 81.8 Å². The van der Waals surface area contributed by atoms with Gasteiger partial charge in [0.25, 0.3) is 0 Å². The van der Waals surface area contributed by atoms with Crippen LogP contribution < -0.4 is 11.1 Å². The van der Waals surface area contributed by atoms with Crippen molar-refractivity contribution >= 4 is 0 Å². The molecule has 14 heavy (non-hydrogen) atoms. The first-order valence-electron chi connectivity index (χ1n) is 4.47. The molecule has 0 rings (SSSR count). The van der Waals surface area contributed by atoms with E-state index in [1.165, 1.54) is 0 Å². The van der Waals surface area contributed by atoms with E-state index in [4.69, 9.17) is 10.5 Å². The van der Waals surface area contributed by atoms with E-state index in [1.54, 1.807) is 7.11 Å². The molecule has 0 aliphatic rings. The second-order valence-electron chi connectivity index (χ2n) is 3.14. The van der Waals surface area contributed by atoms with Gasteiger partial charge in [0.2, 0.25) is 0 Å². The van der Waals surface area contributed by atoms with Crippen molar-refractivity contribution < 1.29 is 17.9 Å². The van der Waals surface area contributed by atoms with Gasteiger partial charge in [-0.25, -0.2) is 0 Å². The molecule has 0 aromatic rings. The molecule has 0 spiro atoms. The Morgan fingerprint density at radius 1 is 1.43 bits per heavy atom. The van der Waals surface area contributed by atoms with E-state index in [-0.39, 0.29) is 12.6 Å². The van der Waals surface area contributed by atoms with Gasteiger partial charge in [0.1, 0.15) is 0 Å². The van der Waals surface area contributed by atoms with Crippen LogP contribution in [0.3, 0.4) is 0 Å². The lowest BCUT2D eigenvalue weighted by Crippen LogP contribution is -2.38. The van der Waals surface area contributed by atoms with E-state index in [0.29, 0.717) is 13.0 Å². The zero-order valence-electron chi connectivity index (χ0n) is 8.23. The molecule has 0 heterocycles. The van der Waals surface area contributed by atoms with Crippen LogP contribution in [-0.4, -0.2) is 39.0 Å². The first-order valence-corrected chi connectivity index (χ1v) is 4.47. The lowest BCUT2D eigenvalue weighted by atomic mass is 10.2. The summed E-state index contributed by atoms with van der Waals surface area (Å²) in [6, 6.07) is -0.243. The lowest BCUT2D eigenvalue weighted by molar-refractivity contribution is -0.124. The van der Waals surface area contributed by atoms with Crippen LogP contribution >= 0.6 is 0 Å². The molecule has 86 valence electrons. The topological polar surface area (TPSA) is 47.3 Å². The summed E-state index contributed by atoms with van der Waals surface area (Å²) in [6.45, 7) is -0.207. The third-order valence-electron chi connectivity index (χ3n) is 1.66. The average molecular weight is 214 g/mol. The Hall–Kier alpha value is -0.330. The zero-order valence-corrected chi connectivity index (χ0v) is 8.23. The molecule has 0 aromatic carbocycles. The molecule has 0 aliphatic heterocycles. The van der Waals surface area contributed by atoms with Crippen molar-refractivity contribution in [2.75, 3.05) is 26.8 Å². The fraction of sp³-hybridized carbons (Fsp3) is 1.00. The normalized spacial score (nSPS) is 14.4. The number of hydrogen-bond acceptors (Lipinski definition) is 3. The minimum atomic E-state index is -4.16. The minimum absolute atomic E-state index is 0.184. The smallest absolute Gasteiger partial charge is 0.385 e. The third-order valence-corrected chi connectivity index (χ3v) is 1.66. The highest BCUT2D eigenvalue weighted by Gasteiger charge is 2.26. The van der Waals surface area contributed by atoms with Gasteiger partial charge in [0.05, 0.1) is 6.54 Å². The monoisotopic (exact) mass is 214 g/mol. The number of halogens is 3. The molecular formula is C8H17F3N2O. The molecule has 0 radical (unpaired) electrons. The van der Waals surface area contributed by atoms with Crippen molar-refractivity contribution in [3.05, 3.63) is 0 Å². The predicted octanol–water partition coefficient (Wildman–Crippen LogP) is 0.892. The molecule has 6 heteroatoms. The van der Waals surface area contributed by atoms with Crippen molar-refractivity contribution in [2.45, 2.75) is 25.1 Å². The highest BCUT2D eigenvalue weighted by atomic mass is 19.4. The van der Waals surface area contributed by atoms with Gasteiger partial charge in [-0.1, -0.05) is 0 Å². The van der Waals surface area contributed by atoms with Gasteiger partial charge in [-0.2, -0.15) is 13.2 Å². The van der Waals surface area contributed by atoms with E-state index >= 15 is 0 Å². The Balaban J connectivity index is 3.31. The van der Waals surface area contributed by atoms with E-state index in [0.717, 1.165) is 6.42 Å². The number of methoxy groups -OCH3 is 1. The van der Waals surface area contributed by atoms with Crippen molar-refractivity contribution in [2.24, 2.45) is 5.73 Å². The molecule has 3 nitrogen and oxygen atoms in total. The van der Waals surface area contributed by atoms with E-state index < -0.39 is 12.7 Å². The van der Waals surface area contributed by atoms with Gasteiger partial charge in [-0.15, -0.1) is 0 Å². The maximum absolute atomic E-state index is 11.7. The second-order valence-corrected chi connectivity index (χ2v) is 3.14. The quantitative estimate of drug-likeness (QED) is 0.619. The van der Waals surface area contributed by atoms with E-state index in [2.05, 4.69) is 5.32 Å². The van der Waals surface area contributed by atoms with E-state index in [9.17, 15) is 13.2 Å². The molecule has 0 saturated carbocycles. The number of rotatable bonds is 7. The van der Waals surface area contributed by atoms with Crippen molar-refractivity contribution in [1.29, 1.82) is 0 Å². The fourth-order valence-electron chi connectivity index (χ4n) is 0.991. The summed E-state index contributed by atoms with van der Waals surface area (Å²) in [5, 5.41) is 2.26. The molecule has 1 unspecified atom stereocenters. The lowest BCUT2D eigenvalue weighted by Gasteiger charge is -2.13. The van der Waals surface area contributed by atoms with Gasteiger partial charge in [-0.05, 0) is 12.8 Å². The van der Waals surface area contributed by atoms with Gasteiger partial charge in [-0.3, -0.25) is 0 Å². The number of ether oxygens (including phenoxy) is 1. The largest absolute Gasteiger partial charge is 0.401 e. The number of alkyl halides is 3. The van der Waals surface area contributed by atoms with Crippen molar-refractivity contribution in [3.8, 4) is 0 Å². The summed E-state index contributed by atoms with van der Waals surface area (Å²) in [5.74, 6) is 0. The molecule has 0 aromatic heterocycles. The van der Waals surface area contributed by atoms with Gasteiger partial charge >= 0.3 is 6.18 Å². The van der Waals surface area contributed by atoms with E-state index in [1.807, 2.05) is 0 Å². The summed E-state index contributed by atoms with van der Waals surface area (Å²) >= 11 is 0. The Morgan fingerprint density at radius 3 is 2.57 bits per heavy atom. The van der Waals surface area contributed by atoms with Crippen LogP contribution in [0.15, 0.2) is 0 Å². The van der Waals surface area contributed by atoms with Crippen LogP contribution in [0.25, 0.3) is 0 Å². The number of nitrogens with two attached hydrogens (primary N) is 1. The molecular weight excluding hydrogens is 197 g/mol. The average Bonchev–Trinajstić information content (AvgIpc) is 2.02. The van der Waals surface area contributed by atoms with Crippen LogP contribution in [0.2, 0.25) is 0 Å². The molecule has 3 N–H and O–H groups in total. The maximum atomic E-state index is 11.7. The van der Waals surface area contributed by atoms with Gasteiger partial charge in [0.15, 0.2) is 0 Å². The van der Waals surface area contributed by atoms with Gasteiger partial charge in [0, 0.05) is 26.3 Å². The predicted molar refractivity (Wildman–Crippen MR) is 48.0 cm³/mol. The summed E-state index contributed by atoms with van der Waals surface area (Å²) in [5.41, 5.74) is 5.56. The Morgan fingerprint density at radius 2 is 2.07 bits per heavy atom. The molecule has 0 amide bonds. The highest BCUT2D eigenvalue weighted by molar-refractivity contribution is 4.66. The number of hydrogen-bond donors (Lipinski definition) is 2. The third kappa shape index (κ3) is 9.76. The summed E-state index contributed by atoms with van der Waals surface area (Å²) in [6.07, 6.45) is -2.73. The maximum Gasteiger partial charge on any atom is 0.401 e. The van der Waals surface area contributed by atoms with Crippen LogP contribution in [-0.2, 0) is 4.74 Å². The van der Waals surface area contributed by atoms with Crippen LogP contribution in [0, 0.1) is 0 Å². The Kier molecular flexibility index (Phi) is 6.86. The summed E-state index contributed by atoms with van der Waals surface area (Å²) in [4.78, 5) is 0. The zero-order chi connectivity index (χ0) is 11.0. The molecule has 0 bridgehead atoms. The van der Waals surface area contributed by atoms with Crippen molar-refractivity contribution in [1.82, 2.24) is 5.32 Å².